The molecule has 0 aromatic heterocycles. The standard InChI is InChI=1S/C15H18N2O/c1-3-18-15-9-7-13(8-10-15)17(2)14-6-4-5-12(16)11-14/h4-11H,3,16H2,1-2H3. The van der Waals surface area contributed by atoms with Crippen molar-refractivity contribution in [3.63, 3.8) is 0 Å². The van der Waals surface area contributed by atoms with Gasteiger partial charge in [0.2, 0.25) is 0 Å². The lowest BCUT2D eigenvalue weighted by Gasteiger charge is -2.20. The second kappa shape index (κ2) is 5.45. The fourth-order valence-electron chi connectivity index (χ4n) is 1.82. The average molecular weight is 242 g/mol. The Morgan fingerprint density at radius 2 is 1.78 bits per heavy atom. The molecule has 0 spiro atoms. The van der Waals surface area contributed by atoms with Crippen LogP contribution in [0, 0.1) is 0 Å². The number of anilines is 3. The predicted octanol–water partition coefficient (Wildman–Crippen LogP) is 3.44. The van der Waals surface area contributed by atoms with E-state index in [9.17, 15) is 0 Å². The van der Waals surface area contributed by atoms with Gasteiger partial charge in [-0.05, 0) is 49.4 Å². The third kappa shape index (κ3) is 2.74. The minimum Gasteiger partial charge on any atom is -0.494 e. The van der Waals surface area contributed by atoms with Gasteiger partial charge in [-0.25, -0.2) is 0 Å². The lowest BCUT2D eigenvalue weighted by atomic mass is 10.2. The third-order valence-corrected chi connectivity index (χ3v) is 2.79. The number of ether oxygens (including phenoxy) is 1. The average Bonchev–Trinajstić information content (AvgIpc) is 2.39. The molecule has 0 saturated heterocycles. The molecule has 0 bridgehead atoms. The topological polar surface area (TPSA) is 38.5 Å². The summed E-state index contributed by atoms with van der Waals surface area (Å²) in [6.07, 6.45) is 0. The summed E-state index contributed by atoms with van der Waals surface area (Å²) >= 11 is 0. The van der Waals surface area contributed by atoms with Crippen LogP contribution in [0.3, 0.4) is 0 Å². The lowest BCUT2D eigenvalue weighted by molar-refractivity contribution is 0.340. The van der Waals surface area contributed by atoms with E-state index in [-0.39, 0.29) is 0 Å². The molecule has 3 heteroatoms. The maximum absolute atomic E-state index is 5.79. The molecule has 2 aromatic carbocycles. The highest BCUT2D eigenvalue weighted by atomic mass is 16.5. The molecule has 0 aliphatic carbocycles. The Bertz CT molecular complexity index is 508. The number of benzene rings is 2. The van der Waals surface area contributed by atoms with E-state index in [2.05, 4.69) is 4.90 Å². The molecular weight excluding hydrogens is 224 g/mol. The monoisotopic (exact) mass is 242 g/mol. The van der Waals surface area contributed by atoms with Crippen molar-refractivity contribution in [1.82, 2.24) is 0 Å². The first kappa shape index (κ1) is 12.3. The van der Waals surface area contributed by atoms with Gasteiger partial charge in [-0.3, -0.25) is 0 Å². The van der Waals surface area contributed by atoms with Gasteiger partial charge in [0.15, 0.2) is 0 Å². The maximum atomic E-state index is 5.79. The summed E-state index contributed by atoms with van der Waals surface area (Å²) in [5.74, 6) is 0.891. The molecule has 0 aliphatic rings. The van der Waals surface area contributed by atoms with E-state index in [1.54, 1.807) is 0 Å². The Kier molecular flexibility index (Phi) is 3.72. The second-order valence-corrected chi connectivity index (χ2v) is 4.08. The molecule has 0 atom stereocenters. The molecule has 2 rings (SSSR count). The number of nitrogen functional groups attached to an aromatic ring is 1. The van der Waals surface area contributed by atoms with Crippen molar-refractivity contribution in [1.29, 1.82) is 0 Å². The minimum absolute atomic E-state index is 0.685. The van der Waals surface area contributed by atoms with Crippen LogP contribution in [-0.2, 0) is 0 Å². The highest BCUT2D eigenvalue weighted by Crippen LogP contribution is 2.26. The second-order valence-electron chi connectivity index (χ2n) is 4.08. The van der Waals surface area contributed by atoms with Gasteiger partial charge < -0.3 is 15.4 Å². The van der Waals surface area contributed by atoms with Crippen LogP contribution >= 0.6 is 0 Å². The Labute approximate surface area is 108 Å². The fourth-order valence-corrected chi connectivity index (χ4v) is 1.82. The Morgan fingerprint density at radius 3 is 2.39 bits per heavy atom. The fraction of sp³-hybridized carbons (Fsp3) is 0.200. The van der Waals surface area contributed by atoms with Crippen LogP contribution in [0.2, 0.25) is 0 Å². The highest BCUT2D eigenvalue weighted by Gasteiger charge is 2.04. The van der Waals surface area contributed by atoms with Crippen LogP contribution in [0.5, 0.6) is 5.75 Å². The van der Waals surface area contributed by atoms with E-state index < -0.39 is 0 Å². The largest absolute Gasteiger partial charge is 0.494 e. The summed E-state index contributed by atoms with van der Waals surface area (Å²) in [4.78, 5) is 2.09. The van der Waals surface area contributed by atoms with Gasteiger partial charge in [0.1, 0.15) is 5.75 Å². The van der Waals surface area contributed by atoms with Crippen LogP contribution in [0.4, 0.5) is 17.1 Å². The zero-order valence-electron chi connectivity index (χ0n) is 10.8. The van der Waals surface area contributed by atoms with Crippen molar-refractivity contribution in [2.45, 2.75) is 6.92 Å². The third-order valence-electron chi connectivity index (χ3n) is 2.79. The molecule has 94 valence electrons. The van der Waals surface area contributed by atoms with Gasteiger partial charge in [-0.2, -0.15) is 0 Å². The van der Waals surface area contributed by atoms with Crippen molar-refractivity contribution in [3.05, 3.63) is 48.5 Å². The predicted molar refractivity (Wildman–Crippen MR) is 76.5 cm³/mol. The first-order valence-electron chi connectivity index (χ1n) is 6.03. The summed E-state index contributed by atoms with van der Waals surface area (Å²) in [5.41, 5.74) is 8.73. The normalized spacial score (nSPS) is 10.1. The molecule has 0 saturated carbocycles. The summed E-state index contributed by atoms with van der Waals surface area (Å²) in [6, 6.07) is 15.8. The molecule has 2 aromatic rings. The van der Waals surface area contributed by atoms with E-state index in [0.717, 1.165) is 22.8 Å². The molecule has 18 heavy (non-hydrogen) atoms. The Hall–Kier alpha value is -2.16. The number of hydrogen-bond donors (Lipinski definition) is 1. The summed E-state index contributed by atoms with van der Waals surface area (Å²) in [7, 11) is 2.02. The van der Waals surface area contributed by atoms with Crippen molar-refractivity contribution >= 4 is 17.1 Å². The first-order chi connectivity index (χ1) is 8.70. The summed E-state index contributed by atoms with van der Waals surface area (Å²) in [5, 5.41) is 0. The van der Waals surface area contributed by atoms with Gasteiger partial charge >= 0.3 is 0 Å². The molecule has 0 unspecified atom stereocenters. The lowest BCUT2D eigenvalue weighted by Crippen LogP contribution is -2.09. The Balaban J connectivity index is 2.20. The molecule has 0 amide bonds. The van der Waals surface area contributed by atoms with E-state index in [0.29, 0.717) is 6.61 Å². The van der Waals surface area contributed by atoms with Crippen LogP contribution in [0.15, 0.2) is 48.5 Å². The minimum atomic E-state index is 0.685. The van der Waals surface area contributed by atoms with Crippen molar-refractivity contribution < 1.29 is 4.74 Å². The number of nitrogens with two attached hydrogens (primary N) is 1. The van der Waals surface area contributed by atoms with E-state index in [1.165, 1.54) is 0 Å². The quantitative estimate of drug-likeness (QED) is 0.835. The molecule has 3 nitrogen and oxygen atoms in total. The number of hydrogen-bond acceptors (Lipinski definition) is 3. The van der Waals surface area contributed by atoms with E-state index >= 15 is 0 Å². The molecule has 0 radical (unpaired) electrons. The van der Waals surface area contributed by atoms with Crippen molar-refractivity contribution in [2.24, 2.45) is 0 Å². The molecule has 0 fully saturated rings. The SMILES string of the molecule is CCOc1ccc(N(C)c2cccc(N)c2)cc1. The number of rotatable bonds is 4. The highest BCUT2D eigenvalue weighted by molar-refractivity contribution is 5.66. The van der Waals surface area contributed by atoms with Gasteiger partial charge in [0, 0.05) is 24.1 Å². The van der Waals surface area contributed by atoms with Gasteiger partial charge in [-0.15, -0.1) is 0 Å². The smallest absolute Gasteiger partial charge is 0.119 e. The summed E-state index contributed by atoms with van der Waals surface area (Å²) < 4.78 is 5.43. The summed E-state index contributed by atoms with van der Waals surface area (Å²) in [6.45, 7) is 2.66. The van der Waals surface area contributed by atoms with Crippen molar-refractivity contribution in [2.75, 3.05) is 24.3 Å². The van der Waals surface area contributed by atoms with Crippen LogP contribution in [0.1, 0.15) is 6.92 Å². The zero-order chi connectivity index (χ0) is 13.0. The van der Waals surface area contributed by atoms with Crippen molar-refractivity contribution in [3.8, 4) is 5.75 Å². The first-order valence-corrected chi connectivity index (χ1v) is 6.03. The Morgan fingerprint density at radius 1 is 1.06 bits per heavy atom. The maximum Gasteiger partial charge on any atom is 0.119 e. The van der Waals surface area contributed by atoms with Gasteiger partial charge in [0.25, 0.3) is 0 Å². The zero-order valence-corrected chi connectivity index (χ0v) is 10.8. The van der Waals surface area contributed by atoms with E-state index in [4.69, 9.17) is 10.5 Å². The van der Waals surface area contributed by atoms with Crippen LogP contribution in [0.25, 0.3) is 0 Å². The molecule has 0 aliphatic heterocycles. The number of nitrogens with zero attached hydrogens (tertiary/aromatic N) is 1. The van der Waals surface area contributed by atoms with Gasteiger partial charge in [0.05, 0.1) is 6.61 Å². The van der Waals surface area contributed by atoms with Crippen LogP contribution in [-0.4, -0.2) is 13.7 Å². The molecule has 0 heterocycles. The molecule has 2 N–H and O–H groups in total. The van der Waals surface area contributed by atoms with Crippen LogP contribution < -0.4 is 15.4 Å². The van der Waals surface area contributed by atoms with E-state index in [1.807, 2.05) is 62.5 Å². The van der Waals surface area contributed by atoms with Gasteiger partial charge in [-0.1, -0.05) is 6.07 Å². The molecular formula is C15H18N2O.